The van der Waals surface area contributed by atoms with Gasteiger partial charge in [-0.3, -0.25) is 29.4 Å². The average Bonchev–Trinajstić information content (AvgIpc) is 3.44. The molecule has 0 radical (unpaired) electrons. The Hall–Kier alpha value is -3.63. The van der Waals surface area contributed by atoms with Crippen molar-refractivity contribution in [1.82, 2.24) is 4.98 Å². The van der Waals surface area contributed by atoms with Crippen molar-refractivity contribution in [2.24, 2.45) is 5.92 Å². The summed E-state index contributed by atoms with van der Waals surface area (Å²) in [5.74, 6) is -2.25. The summed E-state index contributed by atoms with van der Waals surface area (Å²) >= 11 is 7.19. The van der Waals surface area contributed by atoms with E-state index in [1.807, 2.05) is 17.5 Å². The first-order chi connectivity index (χ1) is 15.8. The van der Waals surface area contributed by atoms with Crippen molar-refractivity contribution in [2.45, 2.75) is 6.42 Å². The van der Waals surface area contributed by atoms with Crippen LogP contribution in [0, 0.1) is 16.0 Å². The predicted octanol–water partition coefficient (Wildman–Crippen LogP) is 4.15. The molecule has 1 amide bonds. The number of carbonyl (C=O) groups is 3. The molecule has 3 aromatic rings. The van der Waals surface area contributed by atoms with E-state index in [2.05, 4.69) is 4.98 Å². The third kappa shape index (κ3) is 5.07. The highest BCUT2D eigenvalue weighted by atomic mass is 35.5. The Kier molecular flexibility index (Phi) is 6.47. The van der Waals surface area contributed by atoms with Crippen LogP contribution in [-0.2, 0) is 14.3 Å². The first kappa shape index (κ1) is 22.6. The number of ketones is 1. The van der Waals surface area contributed by atoms with Crippen LogP contribution < -0.4 is 4.90 Å². The summed E-state index contributed by atoms with van der Waals surface area (Å²) < 4.78 is 5.09. The number of nitrogens with zero attached hydrogens (tertiary/aromatic N) is 3. The molecule has 1 fully saturated rings. The SMILES string of the molecule is O=C(COC(=O)[C@H]1CC(=O)N(c2nc(-c3ccc(Cl)cc3)cs2)C1)c1cccc([N+](=O)[O-])c1. The maximum absolute atomic E-state index is 12.5. The van der Waals surface area contributed by atoms with Gasteiger partial charge in [0.25, 0.3) is 5.69 Å². The predicted molar refractivity (Wildman–Crippen MR) is 121 cm³/mol. The number of carbonyl (C=O) groups excluding carboxylic acids is 3. The number of nitro benzene ring substituents is 1. The first-order valence-electron chi connectivity index (χ1n) is 9.78. The lowest BCUT2D eigenvalue weighted by molar-refractivity contribution is -0.384. The van der Waals surface area contributed by atoms with Crippen LogP contribution in [0.5, 0.6) is 0 Å². The Morgan fingerprint density at radius 3 is 2.73 bits per heavy atom. The summed E-state index contributed by atoms with van der Waals surface area (Å²) in [6.45, 7) is -0.473. The second kappa shape index (κ2) is 9.47. The second-order valence-corrected chi connectivity index (χ2v) is 8.54. The summed E-state index contributed by atoms with van der Waals surface area (Å²) in [6, 6.07) is 12.3. The molecule has 0 aliphatic carbocycles. The summed E-state index contributed by atoms with van der Waals surface area (Å²) in [5, 5.41) is 13.7. The first-order valence-corrected chi connectivity index (χ1v) is 11.0. The van der Waals surface area contributed by atoms with Crippen LogP contribution in [-0.4, -0.2) is 40.7 Å². The van der Waals surface area contributed by atoms with Crippen LogP contribution in [0.2, 0.25) is 5.02 Å². The number of esters is 1. The number of aromatic nitrogens is 1. The Bertz CT molecular complexity index is 1240. The molecule has 33 heavy (non-hydrogen) atoms. The maximum Gasteiger partial charge on any atom is 0.311 e. The fourth-order valence-electron chi connectivity index (χ4n) is 3.32. The van der Waals surface area contributed by atoms with Gasteiger partial charge in [-0.05, 0) is 12.1 Å². The lowest BCUT2D eigenvalue weighted by Gasteiger charge is -2.12. The Morgan fingerprint density at radius 1 is 1.24 bits per heavy atom. The van der Waals surface area contributed by atoms with Gasteiger partial charge in [-0.1, -0.05) is 35.9 Å². The average molecular weight is 486 g/mol. The number of thiazole rings is 1. The summed E-state index contributed by atoms with van der Waals surface area (Å²) in [6.07, 6.45) is -0.0559. The number of hydrogen-bond donors (Lipinski definition) is 0. The van der Waals surface area contributed by atoms with Crippen molar-refractivity contribution < 1.29 is 24.0 Å². The van der Waals surface area contributed by atoms with Gasteiger partial charge >= 0.3 is 5.97 Å². The third-order valence-corrected chi connectivity index (χ3v) is 6.16. The molecule has 11 heteroatoms. The fraction of sp³-hybridized carbons (Fsp3) is 0.182. The molecule has 0 N–H and O–H groups in total. The van der Waals surface area contributed by atoms with Gasteiger partial charge in [-0.25, -0.2) is 4.98 Å². The lowest BCUT2D eigenvalue weighted by atomic mass is 10.1. The quantitative estimate of drug-likeness (QED) is 0.213. The molecular weight excluding hydrogens is 470 g/mol. The molecule has 1 aliphatic rings. The Labute approximate surface area is 196 Å². The molecule has 0 saturated carbocycles. The highest BCUT2D eigenvalue weighted by molar-refractivity contribution is 7.14. The maximum atomic E-state index is 12.5. The zero-order chi connectivity index (χ0) is 23.5. The molecule has 0 bridgehead atoms. The monoisotopic (exact) mass is 485 g/mol. The minimum absolute atomic E-state index is 0.0559. The van der Waals surface area contributed by atoms with Crippen LogP contribution in [0.25, 0.3) is 11.3 Å². The van der Waals surface area contributed by atoms with E-state index in [0.29, 0.717) is 15.8 Å². The zero-order valence-electron chi connectivity index (χ0n) is 17.0. The van der Waals surface area contributed by atoms with Gasteiger partial charge in [-0.15, -0.1) is 11.3 Å². The van der Waals surface area contributed by atoms with Crippen molar-refractivity contribution in [3.05, 3.63) is 74.6 Å². The molecule has 1 saturated heterocycles. The van der Waals surface area contributed by atoms with Crippen molar-refractivity contribution in [3.63, 3.8) is 0 Å². The summed E-state index contributed by atoms with van der Waals surface area (Å²) in [7, 11) is 0. The van der Waals surface area contributed by atoms with E-state index in [1.54, 1.807) is 12.1 Å². The molecule has 0 unspecified atom stereocenters. The van der Waals surface area contributed by atoms with Gasteiger partial charge < -0.3 is 4.74 Å². The minimum Gasteiger partial charge on any atom is -0.457 e. The number of benzene rings is 2. The number of amides is 1. The van der Waals surface area contributed by atoms with E-state index in [-0.39, 0.29) is 30.1 Å². The van der Waals surface area contributed by atoms with Crippen molar-refractivity contribution in [1.29, 1.82) is 0 Å². The summed E-state index contributed by atoms with van der Waals surface area (Å²) in [4.78, 5) is 53.3. The molecule has 2 aromatic carbocycles. The number of rotatable bonds is 7. The van der Waals surface area contributed by atoms with E-state index in [0.717, 1.165) is 11.6 Å². The molecule has 1 aliphatic heterocycles. The third-order valence-electron chi connectivity index (χ3n) is 5.05. The number of halogens is 1. The van der Waals surface area contributed by atoms with Gasteiger partial charge in [0.1, 0.15) is 0 Å². The number of nitro groups is 1. The van der Waals surface area contributed by atoms with Gasteiger partial charge in [0.2, 0.25) is 11.7 Å². The highest BCUT2D eigenvalue weighted by Crippen LogP contribution is 2.32. The van der Waals surface area contributed by atoms with Gasteiger partial charge in [0, 0.05) is 46.6 Å². The summed E-state index contributed by atoms with van der Waals surface area (Å²) in [5.41, 5.74) is 1.38. The molecule has 1 aromatic heterocycles. The highest BCUT2D eigenvalue weighted by Gasteiger charge is 2.37. The van der Waals surface area contributed by atoms with Crippen molar-refractivity contribution in [3.8, 4) is 11.3 Å². The number of ether oxygens (including phenoxy) is 1. The topological polar surface area (TPSA) is 120 Å². The molecule has 2 heterocycles. The number of Topliss-reactive ketones (excluding diaryl/α,β-unsaturated/α-hetero) is 1. The van der Waals surface area contributed by atoms with Crippen LogP contribution in [0.15, 0.2) is 53.9 Å². The second-order valence-electron chi connectivity index (χ2n) is 7.27. The van der Waals surface area contributed by atoms with Crippen molar-refractivity contribution >= 4 is 51.4 Å². The van der Waals surface area contributed by atoms with Crippen LogP contribution in [0.1, 0.15) is 16.8 Å². The standard InChI is InChI=1S/C22H16ClN3O6S/c23-16-6-4-13(5-7-16)18-12-33-22(24-18)25-10-15(9-20(25)28)21(29)32-11-19(27)14-2-1-3-17(8-14)26(30)31/h1-8,12,15H,9-11H2/t15-/m0/s1. The van der Waals surface area contributed by atoms with Crippen LogP contribution >= 0.6 is 22.9 Å². The van der Waals surface area contributed by atoms with Crippen LogP contribution in [0.3, 0.4) is 0 Å². The number of anilines is 1. The van der Waals surface area contributed by atoms with E-state index in [4.69, 9.17) is 16.3 Å². The molecular formula is C22H16ClN3O6S. The van der Waals surface area contributed by atoms with E-state index < -0.39 is 29.2 Å². The molecule has 168 valence electrons. The number of hydrogen-bond acceptors (Lipinski definition) is 8. The van der Waals surface area contributed by atoms with Crippen molar-refractivity contribution in [2.75, 3.05) is 18.1 Å². The molecule has 4 rings (SSSR count). The Morgan fingerprint density at radius 2 is 2.00 bits per heavy atom. The molecule has 1 atom stereocenters. The van der Waals surface area contributed by atoms with Gasteiger partial charge in [-0.2, -0.15) is 0 Å². The molecule has 0 spiro atoms. The fourth-order valence-corrected chi connectivity index (χ4v) is 4.31. The minimum atomic E-state index is -0.738. The normalized spacial score (nSPS) is 15.5. The largest absolute Gasteiger partial charge is 0.457 e. The zero-order valence-corrected chi connectivity index (χ0v) is 18.5. The Balaban J connectivity index is 1.36. The van der Waals surface area contributed by atoms with Gasteiger partial charge in [0.15, 0.2) is 11.7 Å². The number of non-ortho nitro benzene ring substituents is 1. The van der Waals surface area contributed by atoms with Crippen LogP contribution in [0.4, 0.5) is 10.8 Å². The lowest BCUT2D eigenvalue weighted by Crippen LogP contribution is -2.27. The smallest absolute Gasteiger partial charge is 0.311 e. The molecule has 9 nitrogen and oxygen atoms in total. The van der Waals surface area contributed by atoms with Gasteiger partial charge in [0.05, 0.1) is 16.5 Å². The van der Waals surface area contributed by atoms with E-state index in [1.165, 1.54) is 34.4 Å². The van der Waals surface area contributed by atoms with E-state index in [9.17, 15) is 24.5 Å². The van der Waals surface area contributed by atoms with E-state index >= 15 is 0 Å².